The van der Waals surface area contributed by atoms with E-state index in [-0.39, 0.29) is 10.8 Å². The van der Waals surface area contributed by atoms with Crippen LogP contribution in [-0.2, 0) is 10.0 Å². The second-order valence-electron chi connectivity index (χ2n) is 5.91. The fraction of sp³-hybridized carbons (Fsp3) is 0.316. The number of nitrogens with two attached hydrogens (primary N) is 1. The second kappa shape index (κ2) is 8.88. The van der Waals surface area contributed by atoms with Gasteiger partial charge in [0.25, 0.3) is 5.91 Å². The summed E-state index contributed by atoms with van der Waals surface area (Å²) in [6.45, 7) is 6.87. The van der Waals surface area contributed by atoms with Crippen LogP contribution < -0.4 is 16.4 Å². The monoisotopic (exact) mass is 390 g/mol. The van der Waals surface area contributed by atoms with Crippen LogP contribution in [-0.4, -0.2) is 38.3 Å². The summed E-state index contributed by atoms with van der Waals surface area (Å²) in [7, 11) is -3.63. The number of hydrogen-bond acceptors (Lipinski definition) is 5. The van der Waals surface area contributed by atoms with E-state index in [0.717, 1.165) is 0 Å². The zero-order valence-electron chi connectivity index (χ0n) is 15.8. The molecule has 27 heavy (non-hydrogen) atoms. The molecular weight excluding hydrogens is 364 g/mol. The number of benzene rings is 2. The van der Waals surface area contributed by atoms with E-state index in [0.29, 0.717) is 42.3 Å². The van der Waals surface area contributed by atoms with Gasteiger partial charge in [0, 0.05) is 30.9 Å². The van der Waals surface area contributed by atoms with Gasteiger partial charge in [0.2, 0.25) is 10.0 Å². The maximum atomic E-state index is 12.8. The third kappa shape index (κ3) is 4.78. The van der Waals surface area contributed by atoms with E-state index in [1.165, 1.54) is 10.4 Å². The molecule has 0 aliphatic rings. The van der Waals surface area contributed by atoms with Crippen molar-refractivity contribution in [3.63, 3.8) is 0 Å². The molecule has 2 rings (SSSR count). The maximum Gasteiger partial charge on any atom is 0.255 e. The molecule has 0 unspecified atom stereocenters. The summed E-state index contributed by atoms with van der Waals surface area (Å²) < 4.78 is 27.0. The van der Waals surface area contributed by atoms with E-state index in [4.69, 9.17) is 5.73 Å². The predicted molar refractivity (Wildman–Crippen MR) is 110 cm³/mol. The van der Waals surface area contributed by atoms with Crippen LogP contribution in [0, 0.1) is 0 Å². The van der Waals surface area contributed by atoms with Crippen LogP contribution in [0.2, 0.25) is 0 Å². The van der Waals surface area contributed by atoms with Gasteiger partial charge in [0.05, 0.1) is 16.3 Å². The highest BCUT2D eigenvalue weighted by atomic mass is 32.2. The standard InChI is InChI=1S/C19H26N4O3S/c1-4-21-17-11-10-16(27(25,26)23(5-2)6-3)13-18(17)22-19(24)14-8-7-9-15(20)12-14/h7-13,21H,4-6,20H2,1-3H3,(H,22,24). The number of hydrogen-bond donors (Lipinski definition) is 3. The molecule has 0 aliphatic heterocycles. The first-order chi connectivity index (χ1) is 12.8. The highest BCUT2D eigenvalue weighted by Crippen LogP contribution is 2.28. The first-order valence-electron chi connectivity index (χ1n) is 8.88. The van der Waals surface area contributed by atoms with Crippen molar-refractivity contribution in [3.8, 4) is 0 Å². The van der Waals surface area contributed by atoms with E-state index < -0.39 is 10.0 Å². The number of amides is 1. The zero-order chi connectivity index (χ0) is 20.0. The Labute approximate surface area is 160 Å². The van der Waals surface area contributed by atoms with Crippen molar-refractivity contribution in [2.24, 2.45) is 0 Å². The Bertz CT molecular complexity index is 909. The predicted octanol–water partition coefficient (Wildman–Crippen LogP) is 2.98. The molecule has 8 heteroatoms. The third-order valence-corrected chi connectivity index (χ3v) is 6.14. The summed E-state index contributed by atoms with van der Waals surface area (Å²) in [6, 6.07) is 11.3. The number of rotatable bonds is 8. The maximum absolute atomic E-state index is 12.8. The molecular formula is C19H26N4O3S. The summed E-state index contributed by atoms with van der Waals surface area (Å²) in [6.07, 6.45) is 0. The number of sulfonamides is 1. The summed E-state index contributed by atoms with van der Waals surface area (Å²) in [5, 5.41) is 5.92. The van der Waals surface area contributed by atoms with Gasteiger partial charge in [-0.05, 0) is 43.3 Å². The summed E-state index contributed by atoms with van der Waals surface area (Å²) >= 11 is 0. The Kier molecular flexibility index (Phi) is 6.81. The van der Waals surface area contributed by atoms with Crippen LogP contribution in [0.5, 0.6) is 0 Å². The minimum absolute atomic E-state index is 0.135. The van der Waals surface area contributed by atoms with Gasteiger partial charge in [-0.3, -0.25) is 4.79 Å². The van der Waals surface area contributed by atoms with Crippen LogP contribution in [0.3, 0.4) is 0 Å². The number of carbonyl (C=O) groups excluding carboxylic acids is 1. The van der Waals surface area contributed by atoms with Gasteiger partial charge < -0.3 is 16.4 Å². The molecule has 2 aromatic rings. The summed E-state index contributed by atoms with van der Waals surface area (Å²) in [4.78, 5) is 12.7. The van der Waals surface area contributed by atoms with Crippen molar-refractivity contribution >= 4 is 33.0 Å². The summed E-state index contributed by atoms with van der Waals surface area (Å²) in [5.74, 6) is -0.362. The Balaban J connectivity index is 2.42. The molecule has 0 saturated carbocycles. The van der Waals surface area contributed by atoms with Crippen molar-refractivity contribution in [1.82, 2.24) is 4.31 Å². The highest BCUT2D eigenvalue weighted by Gasteiger charge is 2.23. The molecule has 0 saturated heterocycles. The minimum atomic E-state index is -3.63. The van der Waals surface area contributed by atoms with Gasteiger partial charge in [0.15, 0.2) is 0 Å². The van der Waals surface area contributed by atoms with Gasteiger partial charge in [0.1, 0.15) is 0 Å². The lowest BCUT2D eigenvalue weighted by molar-refractivity contribution is 0.102. The Morgan fingerprint density at radius 2 is 1.74 bits per heavy atom. The van der Waals surface area contributed by atoms with Crippen LogP contribution >= 0.6 is 0 Å². The molecule has 0 heterocycles. The lowest BCUT2D eigenvalue weighted by atomic mass is 10.2. The Morgan fingerprint density at radius 1 is 1.04 bits per heavy atom. The van der Waals surface area contributed by atoms with Gasteiger partial charge in [-0.2, -0.15) is 4.31 Å². The molecule has 146 valence electrons. The number of anilines is 3. The first-order valence-corrected chi connectivity index (χ1v) is 10.3. The van der Waals surface area contributed by atoms with E-state index >= 15 is 0 Å². The Morgan fingerprint density at radius 3 is 2.33 bits per heavy atom. The average molecular weight is 391 g/mol. The fourth-order valence-corrected chi connectivity index (χ4v) is 4.20. The molecule has 0 spiro atoms. The molecule has 4 N–H and O–H groups in total. The third-order valence-electron chi connectivity index (χ3n) is 4.10. The van der Waals surface area contributed by atoms with E-state index in [9.17, 15) is 13.2 Å². The molecule has 7 nitrogen and oxygen atoms in total. The first kappa shape index (κ1) is 20.7. The number of nitrogen functional groups attached to an aromatic ring is 1. The van der Waals surface area contributed by atoms with Crippen molar-refractivity contribution in [2.75, 3.05) is 36.0 Å². The van der Waals surface area contributed by atoms with Crippen LogP contribution in [0.25, 0.3) is 0 Å². The van der Waals surface area contributed by atoms with Gasteiger partial charge in [-0.25, -0.2) is 8.42 Å². The number of nitrogens with one attached hydrogen (secondary N) is 2. The van der Waals surface area contributed by atoms with E-state index in [1.54, 1.807) is 50.2 Å². The number of carbonyl (C=O) groups is 1. The smallest absolute Gasteiger partial charge is 0.255 e. The second-order valence-corrected chi connectivity index (χ2v) is 7.84. The summed E-state index contributed by atoms with van der Waals surface area (Å²) in [5.41, 5.74) is 7.66. The topological polar surface area (TPSA) is 105 Å². The molecule has 0 radical (unpaired) electrons. The minimum Gasteiger partial charge on any atom is -0.399 e. The Hall–Kier alpha value is -2.58. The normalized spacial score (nSPS) is 11.4. The van der Waals surface area contributed by atoms with Crippen molar-refractivity contribution in [2.45, 2.75) is 25.7 Å². The highest BCUT2D eigenvalue weighted by molar-refractivity contribution is 7.89. The molecule has 0 aromatic heterocycles. The van der Waals surface area contributed by atoms with Gasteiger partial charge in [-0.1, -0.05) is 19.9 Å². The van der Waals surface area contributed by atoms with E-state index in [1.807, 2.05) is 6.92 Å². The molecule has 1 amide bonds. The van der Waals surface area contributed by atoms with Crippen molar-refractivity contribution in [3.05, 3.63) is 48.0 Å². The lowest BCUT2D eigenvalue weighted by Crippen LogP contribution is -2.30. The van der Waals surface area contributed by atoms with Crippen LogP contribution in [0.4, 0.5) is 17.1 Å². The molecule has 0 atom stereocenters. The van der Waals surface area contributed by atoms with Crippen LogP contribution in [0.1, 0.15) is 31.1 Å². The van der Waals surface area contributed by atoms with Crippen LogP contribution in [0.15, 0.2) is 47.4 Å². The average Bonchev–Trinajstić information content (AvgIpc) is 2.64. The van der Waals surface area contributed by atoms with Crippen molar-refractivity contribution in [1.29, 1.82) is 0 Å². The molecule has 2 aromatic carbocycles. The molecule has 0 aliphatic carbocycles. The lowest BCUT2D eigenvalue weighted by Gasteiger charge is -2.20. The van der Waals surface area contributed by atoms with Gasteiger partial charge in [-0.15, -0.1) is 0 Å². The molecule has 0 fully saturated rings. The number of nitrogens with zero attached hydrogens (tertiary/aromatic N) is 1. The fourth-order valence-electron chi connectivity index (χ4n) is 2.72. The largest absolute Gasteiger partial charge is 0.399 e. The quantitative estimate of drug-likeness (QED) is 0.601. The SMILES string of the molecule is CCNc1ccc(S(=O)(=O)N(CC)CC)cc1NC(=O)c1cccc(N)c1. The molecule has 0 bridgehead atoms. The van der Waals surface area contributed by atoms with Gasteiger partial charge >= 0.3 is 0 Å². The zero-order valence-corrected chi connectivity index (χ0v) is 16.6. The van der Waals surface area contributed by atoms with E-state index in [2.05, 4.69) is 10.6 Å². The van der Waals surface area contributed by atoms with Crippen molar-refractivity contribution < 1.29 is 13.2 Å².